The molecular weight excluding hydrogens is 580 g/mol. The molecule has 0 unspecified atom stereocenters. The monoisotopic (exact) mass is 618 g/mol. The summed E-state index contributed by atoms with van der Waals surface area (Å²) in [4.78, 5) is 0. The molecule has 8 N–H and O–H groups in total. The maximum atomic E-state index is 9.95. The zero-order valence-electron chi connectivity index (χ0n) is 20.5. The lowest BCUT2D eigenvalue weighted by molar-refractivity contribution is 0.399. The van der Waals surface area contributed by atoms with E-state index in [0.29, 0.717) is 12.8 Å². The van der Waals surface area contributed by atoms with E-state index in [1.165, 1.54) is 0 Å². The average Bonchev–Trinajstić information content (AvgIpc) is 2.79. The molecule has 7 nitrogen and oxygen atoms in total. The van der Waals surface area contributed by atoms with Crippen molar-refractivity contribution in [2.45, 2.75) is 52.4 Å². The molecule has 0 aliphatic carbocycles. The van der Waals surface area contributed by atoms with Crippen LogP contribution in [0.5, 0.6) is 23.0 Å². The summed E-state index contributed by atoms with van der Waals surface area (Å²) in [6, 6.07) is 6.83. The second kappa shape index (κ2) is 19.3. The lowest BCUT2D eigenvalue weighted by Crippen LogP contribution is -2.19. The first-order valence-corrected chi connectivity index (χ1v) is 11.4. The number of benzene rings is 2. The topological polar surface area (TPSA) is 136 Å². The van der Waals surface area contributed by atoms with Gasteiger partial charge < -0.3 is 36.5 Å². The van der Waals surface area contributed by atoms with Gasteiger partial charge in [-0.3, -0.25) is 0 Å². The molecule has 0 heterocycles. The molecule has 35 heavy (non-hydrogen) atoms. The molecule has 0 bridgehead atoms. The minimum atomic E-state index is -0.0614. The molecule has 0 amide bonds. The van der Waals surface area contributed by atoms with Crippen LogP contribution in [0.15, 0.2) is 24.3 Å². The predicted octanol–water partition coefficient (Wildman–Crippen LogP) is 3.71. The van der Waals surface area contributed by atoms with Crippen molar-refractivity contribution < 1.29 is 25.9 Å². The molecule has 0 spiro atoms. The van der Waals surface area contributed by atoms with Crippen LogP contribution in [0.3, 0.4) is 0 Å². The highest BCUT2D eigenvalue weighted by Gasteiger charge is 2.11. The first kappa shape index (κ1) is 35.2. The van der Waals surface area contributed by atoms with Crippen LogP contribution >= 0.6 is 34.0 Å². The number of nitrogens with one attached hydrogen (secondary N) is 2. The summed E-state index contributed by atoms with van der Waals surface area (Å²) in [6.07, 6.45) is 4.54. The van der Waals surface area contributed by atoms with E-state index in [9.17, 15) is 20.4 Å². The van der Waals surface area contributed by atoms with E-state index in [0.717, 1.165) is 74.1 Å². The van der Waals surface area contributed by atoms with E-state index in [-0.39, 0.29) is 62.4 Å². The molecule has 0 aliphatic heterocycles. The Bertz CT molecular complexity index is 872. The van der Waals surface area contributed by atoms with Gasteiger partial charge in [-0.1, -0.05) is 26.0 Å². The highest BCUT2D eigenvalue weighted by molar-refractivity contribution is 8.93. The van der Waals surface area contributed by atoms with Gasteiger partial charge in [-0.25, -0.2) is 0 Å². The summed E-state index contributed by atoms with van der Waals surface area (Å²) in [5.74, 6) is 6.23. The number of aromatic hydroxyl groups is 4. The van der Waals surface area contributed by atoms with E-state index in [4.69, 9.17) is 0 Å². The number of phenolic OH excluding ortho intramolecular Hbond substituents is 4. The van der Waals surface area contributed by atoms with Gasteiger partial charge in [-0.2, -0.15) is 0 Å². The van der Waals surface area contributed by atoms with Gasteiger partial charge in [-0.05, 0) is 62.0 Å². The fourth-order valence-corrected chi connectivity index (χ4v) is 3.76. The lowest BCUT2D eigenvalue weighted by atomic mass is 10.0. The maximum absolute atomic E-state index is 9.95. The van der Waals surface area contributed by atoms with Crippen molar-refractivity contribution in [1.29, 1.82) is 0 Å². The summed E-state index contributed by atoms with van der Waals surface area (Å²) in [6.45, 7) is 7.17. The fraction of sp³-hybridized carbons (Fsp3) is 0.462. The van der Waals surface area contributed by atoms with E-state index in [1.807, 2.05) is 26.0 Å². The van der Waals surface area contributed by atoms with Gasteiger partial charge in [0.05, 0.1) is 0 Å². The molecule has 2 aromatic rings. The van der Waals surface area contributed by atoms with Gasteiger partial charge in [0.15, 0.2) is 23.0 Å². The van der Waals surface area contributed by atoms with Crippen LogP contribution in [0, 0.1) is 11.8 Å². The number of halogens is 2. The number of phenols is 4. The molecule has 0 atom stereocenters. The Morgan fingerprint density at radius 1 is 0.629 bits per heavy atom. The third-order valence-corrected chi connectivity index (χ3v) is 5.54. The maximum Gasteiger partial charge on any atom is 0.160 e. The SMILES string of the molecule is Br.Br.CCc1c(CCNCCC#CCCNCCc2ccc(O)c(O)c2CC)ccc(O)c1O.O. The van der Waals surface area contributed by atoms with Crippen molar-refractivity contribution in [3.8, 4) is 34.8 Å². The molecule has 0 radical (unpaired) electrons. The summed E-state index contributed by atoms with van der Waals surface area (Å²) in [5, 5.41) is 45.8. The van der Waals surface area contributed by atoms with E-state index >= 15 is 0 Å². The smallest absolute Gasteiger partial charge is 0.160 e. The summed E-state index contributed by atoms with van der Waals surface area (Å²) >= 11 is 0. The minimum Gasteiger partial charge on any atom is -0.504 e. The van der Waals surface area contributed by atoms with E-state index in [2.05, 4.69) is 22.5 Å². The lowest BCUT2D eigenvalue weighted by Gasteiger charge is -2.11. The van der Waals surface area contributed by atoms with Crippen LogP contribution in [-0.2, 0) is 25.7 Å². The zero-order valence-corrected chi connectivity index (χ0v) is 23.9. The normalized spacial score (nSPS) is 9.77. The number of rotatable bonds is 12. The third kappa shape index (κ3) is 11.1. The Kier molecular flexibility index (Phi) is 19.4. The predicted molar refractivity (Wildman–Crippen MR) is 153 cm³/mol. The second-order valence-electron chi connectivity index (χ2n) is 7.70. The summed E-state index contributed by atoms with van der Waals surface area (Å²) in [5.41, 5.74) is 3.74. The summed E-state index contributed by atoms with van der Waals surface area (Å²) in [7, 11) is 0. The van der Waals surface area contributed by atoms with Crippen LogP contribution in [0.2, 0.25) is 0 Å². The van der Waals surface area contributed by atoms with Crippen LogP contribution in [0.1, 0.15) is 48.9 Å². The first-order valence-electron chi connectivity index (χ1n) is 11.4. The Balaban J connectivity index is 0. The largest absolute Gasteiger partial charge is 0.504 e. The first-order chi connectivity index (χ1) is 15.5. The summed E-state index contributed by atoms with van der Waals surface area (Å²) < 4.78 is 0. The minimum absolute atomic E-state index is 0. The van der Waals surface area contributed by atoms with Gasteiger partial charge in [0.25, 0.3) is 0 Å². The van der Waals surface area contributed by atoms with Gasteiger partial charge in [0.1, 0.15) is 0 Å². The second-order valence-corrected chi connectivity index (χ2v) is 7.70. The van der Waals surface area contributed by atoms with Gasteiger partial charge in [0, 0.05) is 37.1 Å². The molecule has 198 valence electrons. The van der Waals surface area contributed by atoms with Gasteiger partial charge in [0.2, 0.25) is 0 Å². The Labute approximate surface area is 229 Å². The molecule has 0 fully saturated rings. The highest BCUT2D eigenvalue weighted by Crippen LogP contribution is 2.32. The molecule has 0 aliphatic rings. The third-order valence-electron chi connectivity index (χ3n) is 5.54. The van der Waals surface area contributed by atoms with E-state index < -0.39 is 0 Å². The van der Waals surface area contributed by atoms with Crippen LogP contribution < -0.4 is 10.6 Å². The highest BCUT2D eigenvalue weighted by atomic mass is 79.9. The Morgan fingerprint density at radius 2 is 1.00 bits per heavy atom. The van der Waals surface area contributed by atoms with Gasteiger partial charge >= 0.3 is 0 Å². The Morgan fingerprint density at radius 3 is 1.34 bits per heavy atom. The van der Waals surface area contributed by atoms with E-state index in [1.54, 1.807) is 12.1 Å². The van der Waals surface area contributed by atoms with Crippen LogP contribution in [0.4, 0.5) is 0 Å². The molecular formula is C26H40Br2N2O5. The number of hydrogen-bond acceptors (Lipinski definition) is 6. The van der Waals surface area contributed by atoms with Crippen LogP contribution in [0.25, 0.3) is 0 Å². The zero-order chi connectivity index (χ0) is 23.3. The van der Waals surface area contributed by atoms with Crippen LogP contribution in [-0.4, -0.2) is 52.1 Å². The van der Waals surface area contributed by atoms with Crippen molar-refractivity contribution in [3.63, 3.8) is 0 Å². The fourth-order valence-electron chi connectivity index (χ4n) is 3.76. The van der Waals surface area contributed by atoms with Crippen molar-refractivity contribution in [2.75, 3.05) is 26.2 Å². The van der Waals surface area contributed by atoms with Crippen molar-refractivity contribution in [3.05, 3.63) is 46.5 Å². The molecule has 2 aromatic carbocycles. The molecule has 2 rings (SSSR count). The standard InChI is InChI=1S/C26H36N2O4.2BrH.H2O/c1-3-21-19(9-11-23(29)25(21)31)13-17-27-15-7-5-6-8-16-28-18-14-20-10-12-24(30)26(32)22(20)4-2;;;/h9-12,27-32H,3-4,7-8,13-18H2,1-2H3;2*1H;1H2. The quantitative estimate of drug-likeness (QED) is 0.122. The van der Waals surface area contributed by atoms with Crippen molar-refractivity contribution >= 4 is 34.0 Å². The molecule has 0 aromatic heterocycles. The molecule has 0 saturated heterocycles. The van der Waals surface area contributed by atoms with Crippen molar-refractivity contribution in [2.24, 2.45) is 0 Å². The van der Waals surface area contributed by atoms with Gasteiger partial charge in [-0.15, -0.1) is 45.8 Å². The molecule has 9 heteroatoms. The molecule has 0 saturated carbocycles. The number of hydrogen-bond donors (Lipinski definition) is 6. The average molecular weight is 620 g/mol. The Hall–Kier alpha value is -1.96. The van der Waals surface area contributed by atoms with Crippen molar-refractivity contribution in [1.82, 2.24) is 10.6 Å².